The molecule has 1 aliphatic heterocycles. The molecule has 146 valence electrons. The third-order valence-corrected chi connectivity index (χ3v) is 5.07. The van der Waals surface area contributed by atoms with Crippen molar-refractivity contribution in [2.24, 2.45) is 0 Å². The molecule has 0 bridgehead atoms. The largest absolute Gasteiger partial charge is 0.449 e. The highest BCUT2D eigenvalue weighted by Crippen LogP contribution is 2.43. The lowest BCUT2D eigenvalue weighted by atomic mass is 9.78. The van der Waals surface area contributed by atoms with Crippen LogP contribution in [0.25, 0.3) is 0 Å². The summed E-state index contributed by atoms with van der Waals surface area (Å²) in [7, 11) is 1.72. The zero-order valence-electron chi connectivity index (χ0n) is 15.9. The van der Waals surface area contributed by atoms with E-state index in [1.165, 1.54) is 19.1 Å². The van der Waals surface area contributed by atoms with Gasteiger partial charge in [-0.2, -0.15) is 0 Å². The van der Waals surface area contributed by atoms with E-state index in [-0.39, 0.29) is 28.7 Å². The van der Waals surface area contributed by atoms with Crippen molar-refractivity contribution in [2.45, 2.75) is 26.7 Å². The van der Waals surface area contributed by atoms with Gasteiger partial charge in [-0.3, -0.25) is 14.9 Å². The second-order valence-corrected chi connectivity index (χ2v) is 6.70. The number of carbonyl (C=O) groups is 2. The van der Waals surface area contributed by atoms with Crippen LogP contribution in [-0.2, 0) is 14.3 Å². The number of nitro groups is 1. The van der Waals surface area contributed by atoms with Crippen LogP contribution in [0.4, 0.5) is 5.69 Å². The Morgan fingerprint density at radius 3 is 2.46 bits per heavy atom. The van der Waals surface area contributed by atoms with E-state index in [0.717, 1.165) is 0 Å². The average molecular weight is 403 g/mol. The first kappa shape index (κ1) is 21.2. The molecule has 8 heteroatoms. The summed E-state index contributed by atoms with van der Waals surface area (Å²) in [6.45, 7) is 4.62. The predicted octanol–water partition coefficient (Wildman–Crippen LogP) is 3.59. The van der Waals surface area contributed by atoms with E-state index in [2.05, 4.69) is 5.92 Å². The molecule has 0 spiro atoms. The maximum absolute atomic E-state index is 12.8. The maximum Gasteiger partial charge on any atom is 0.337 e. The number of nitrogens with zero attached hydrogens (tertiary/aromatic N) is 2. The van der Waals surface area contributed by atoms with Crippen LogP contribution >= 0.6 is 11.6 Å². The summed E-state index contributed by atoms with van der Waals surface area (Å²) in [5.41, 5.74) is 1.82. The molecule has 0 aromatic heterocycles. The number of Topliss-reactive ketones (excluding diaryl/α,β-unsaturated/α-hetero) is 1. The fourth-order valence-electron chi connectivity index (χ4n) is 3.27. The Morgan fingerprint density at radius 2 is 1.93 bits per heavy atom. The van der Waals surface area contributed by atoms with Crippen LogP contribution in [0.2, 0.25) is 5.02 Å². The molecule has 0 saturated carbocycles. The molecular weight excluding hydrogens is 384 g/mol. The molecule has 0 saturated heterocycles. The highest BCUT2D eigenvalue weighted by Gasteiger charge is 2.38. The van der Waals surface area contributed by atoms with Gasteiger partial charge in [0.25, 0.3) is 5.69 Å². The van der Waals surface area contributed by atoms with E-state index in [1.807, 2.05) is 0 Å². The molecule has 7 nitrogen and oxygen atoms in total. The van der Waals surface area contributed by atoms with Crippen LogP contribution in [0.15, 0.2) is 40.7 Å². The molecule has 0 radical (unpaired) electrons. The molecular formula is C20H19ClN2O5. The van der Waals surface area contributed by atoms with Gasteiger partial charge in [0.2, 0.25) is 0 Å². The maximum atomic E-state index is 12.8. The van der Waals surface area contributed by atoms with Crippen molar-refractivity contribution in [2.75, 3.05) is 13.7 Å². The fraction of sp³-hybridized carbons (Fsp3) is 0.300. The minimum absolute atomic E-state index is 0.0380. The monoisotopic (exact) mass is 402 g/mol. The Balaban J connectivity index is 2.77. The molecule has 1 aromatic carbocycles. The Morgan fingerprint density at radius 1 is 1.32 bits per heavy atom. The molecule has 0 aliphatic carbocycles. The van der Waals surface area contributed by atoms with Crippen molar-refractivity contribution < 1.29 is 19.2 Å². The smallest absolute Gasteiger partial charge is 0.337 e. The topological polar surface area (TPSA) is 89.8 Å². The molecule has 2 rings (SSSR count). The van der Waals surface area contributed by atoms with Gasteiger partial charge >= 0.3 is 5.97 Å². The van der Waals surface area contributed by atoms with Gasteiger partial charge in [-0.1, -0.05) is 23.6 Å². The van der Waals surface area contributed by atoms with E-state index in [0.29, 0.717) is 22.5 Å². The van der Waals surface area contributed by atoms with E-state index >= 15 is 0 Å². The lowest BCUT2D eigenvalue weighted by molar-refractivity contribution is -0.384. The number of rotatable bonds is 5. The second-order valence-electron chi connectivity index (χ2n) is 6.29. The lowest BCUT2D eigenvalue weighted by Gasteiger charge is -2.35. The lowest BCUT2D eigenvalue weighted by Crippen LogP contribution is -2.32. The minimum atomic E-state index is -0.838. The Kier molecular flexibility index (Phi) is 6.26. The van der Waals surface area contributed by atoms with Gasteiger partial charge < -0.3 is 9.64 Å². The third-order valence-electron chi connectivity index (χ3n) is 4.75. The van der Waals surface area contributed by atoms with Crippen molar-refractivity contribution in [3.05, 3.63) is 61.4 Å². The summed E-state index contributed by atoms with van der Waals surface area (Å²) in [6, 6.07) is 4.21. The molecule has 1 aliphatic rings. The number of halogens is 1. The van der Waals surface area contributed by atoms with Crippen molar-refractivity contribution in [1.29, 1.82) is 0 Å². The van der Waals surface area contributed by atoms with Gasteiger partial charge in [0.1, 0.15) is 5.02 Å². The SMILES string of the molecule is C#CCOC(=O)C1=C(C)N(C)C(C)=C(C(C)=O)C1c1ccc(Cl)c([N+](=O)[O-])c1. The molecule has 0 amide bonds. The van der Waals surface area contributed by atoms with Gasteiger partial charge in [-0.15, -0.1) is 6.42 Å². The van der Waals surface area contributed by atoms with E-state index in [4.69, 9.17) is 22.8 Å². The average Bonchev–Trinajstić information content (AvgIpc) is 2.63. The molecule has 0 N–H and O–H groups in total. The Bertz CT molecular complexity index is 971. The van der Waals surface area contributed by atoms with Gasteiger partial charge in [0.05, 0.1) is 10.5 Å². The van der Waals surface area contributed by atoms with Crippen LogP contribution in [0, 0.1) is 22.5 Å². The van der Waals surface area contributed by atoms with E-state index in [9.17, 15) is 19.7 Å². The normalized spacial score (nSPS) is 16.7. The first-order chi connectivity index (χ1) is 13.1. The summed E-state index contributed by atoms with van der Waals surface area (Å²) in [5.74, 6) is 0.443. The zero-order valence-corrected chi connectivity index (χ0v) is 16.7. The summed E-state index contributed by atoms with van der Waals surface area (Å²) in [5, 5.41) is 11.3. The molecule has 1 aromatic rings. The number of hydrogen-bond donors (Lipinski definition) is 0. The van der Waals surface area contributed by atoms with Crippen molar-refractivity contribution in [1.82, 2.24) is 4.90 Å². The zero-order chi connectivity index (χ0) is 21.2. The minimum Gasteiger partial charge on any atom is -0.449 e. The third kappa shape index (κ3) is 3.78. The number of hydrogen-bond acceptors (Lipinski definition) is 6. The summed E-state index contributed by atoms with van der Waals surface area (Å²) in [4.78, 5) is 37.6. The number of benzene rings is 1. The molecule has 1 unspecified atom stereocenters. The molecule has 1 heterocycles. The van der Waals surface area contributed by atoms with Crippen LogP contribution in [-0.4, -0.2) is 35.2 Å². The quantitative estimate of drug-likeness (QED) is 0.323. The highest BCUT2D eigenvalue weighted by atomic mass is 35.5. The number of ether oxygens (including phenoxy) is 1. The van der Waals surface area contributed by atoms with Crippen LogP contribution in [0.5, 0.6) is 0 Å². The number of allylic oxidation sites excluding steroid dienone is 3. The second kappa shape index (κ2) is 8.28. The van der Waals surface area contributed by atoms with Crippen LogP contribution < -0.4 is 0 Å². The summed E-state index contributed by atoms with van der Waals surface area (Å²) < 4.78 is 5.11. The molecule has 1 atom stereocenters. The summed E-state index contributed by atoms with van der Waals surface area (Å²) in [6.07, 6.45) is 5.17. The first-order valence-corrected chi connectivity index (χ1v) is 8.70. The van der Waals surface area contributed by atoms with Gasteiger partial charge in [-0.05, 0) is 32.4 Å². The van der Waals surface area contributed by atoms with Crippen molar-refractivity contribution in [3.63, 3.8) is 0 Å². The predicted molar refractivity (Wildman–Crippen MR) is 104 cm³/mol. The fourth-order valence-corrected chi connectivity index (χ4v) is 3.45. The van der Waals surface area contributed by atoms with Crippen molar-refractivity contribution in [3.8, 4) is 12.3 Å². The Labute approximate surface area is 167 Å². The Hall–Kier alpha value is -3.11. The van der Waals surface area contributed by atoms with E-state index < -0.39 is 16.8 Å². The molecule has 28 heavy (non-hydrogen) atoms. The number of carbonyl (C=O) groups excluding carboxylic acids is 2. The highest BCUT2D eigenvalue weighted by molar-refractivity contribution is 6.32. The summed E-state index contributed by atoms with van der Waals surface area (Å²) >= 11 is 5.92. The number of nitro benzene ring substituents is 1. The molecule has 0 fully saturated rings. The van der Waals surface area contributed by atoms with Gasteiger partial charge in [-0.25, -0.2) is 4.79 Å². The number of ketones is 1. The number of esters is 1. The van der Waals surface area contributed by atoms with Crippen LogP contribution in [0.1, 0.15) is 32.3 Å². The number of terminal acetylenes is 1. The first-order valence-electron chi connectivity index (χ1n) is 8.32. The van der Waals surface area contributed by atoms with Gasteiger partial charge in [0.15, 0.2) is 12.4 Å². The van der Waals surface area contributed by atoms with E-state index in [1.54, 1.807) is 31.9 Å². The van der Waals surface area contributed by atoms with Crippen molar-refractivity contribution >= 4 is 29.0 Å². The van der Waals surface area contributed by atoms with Crippen LogP contribution in [0.3, 0.4) is 0 Å². The van der Waals surface area contributed by atoms with Gasteiger partial charge in [0, 0.05) is 36.0 Å². The standard InChI is InChI=1S/C20H19ClN2O5/c1-6-9-28-20(25)18-12(3)22(5)11(2)17(13(4)24)19(18)14-7-8-15(21)16(10-14)23(26)27/h1,7-8,10,19H,9H2,2-5H3.